The van der Waals surface area contributed by atoms with E-state index in [9.17, 15) is 14.4 Å². The van der Waals surface area contributed by atoms with Crippen molar-refractivity contribution in [1.82, 2.24) is 10.9 Å². The van der Waals surface area contributed by atoms with Gasteiger partial charge in [-0.2, -0.15) is 0 Å². The lowest BCUT2D eigenvalue weighted by Gasteiger charge is -2.12. The van der Waals surface area contributed by atoms with E-state index in [0.717, 1.165) is 30.4 Å². The molecule has 0 bridgehead atoms. The van der Waals surface area contributed by atoms with E-state index in [2.05, 4.69) is 23.1 Å². The summed E-state index contributed by atoms with van der Waals surface area (Å²) in [6.07, 6.45) is 3.01. The number of rotatable bonds is 10. The first-order valence-corrected chi connectivity index (χ1v) is 10.6. The zero-order valence-corrected chi connectivity index (χ0v) is 18.4. The number of hydrogen-bond acceptors (Lipinski definition) is 4. The number of aryl methyl sites for hydroxylation is 2. The fourth-order valence-electron chi connectivity index (χ4n) is 2.84. The van der Waals surface area contributed by atoms with Crippen LogP contribution in [0.5, 0.6) is 5.75 Å². The highest BCUT2D eigenvalue weighted by atomic mass is 16.5. The van der Waals surface area contributed by atoms with Crippen LogP contribution in [0.2, 0.25) is 0 Å². The van der Waals surface area contributed by atoms with Gasteiger partial charge in [0.2, 0.25) is 11.8 Å². The Morgan fingerprint density at radius 3 is 2.35 bits per heavy atom. The largest absolute Gasteiger partial charge is 0.493 e. The van der Waals surface area contributed by atoms with E-state index in [1.54, 1.807) is 24.3 Å². The van der Waals surface area contributed by atoms with E-state index >= 15 is 0 Å². The summed E-state index contributed by atoms with van der Waals surface area (Å²) in [5.41, 5.74) is 7.97. The van der Waals surface area contributed by atoms with Crippen LogP contribution in [-0.2, 0) is 9.59 Å². The summed E-state index contributed by atoms with van der Waals surface area (Å²) in [5, 5.41) is 2.77. The molecule has 0 saturated heterocycles. The maximum absolute atomic E-state index is 12.4. The minimum Gasteiger partial charge on any atom is -0.493 e. The van der Waals surface area contributed by atoms with Gasteiger partial charge < -0.3 is 10.1 Å². The molecule has 7 heteroatoms. The Balaban J connectivity index is 1.77. The number of anilines is 1. The summed E-state index contributed by atoms with van der Waals surface area (Å²) >= 11 is 0. The van der Waals surface area contributed by atoms with E-state index in [1.807, 2.05) is 32.0 Å². The third kappa shape index (κ3) is 8.12. The Morgan fingerprint density at radius 2 is 1.61 bits per heavy atom. The SMILES string of the molecule is CCCCCOc1ccccc1C(=O)NNC(=O)CCC(=O)Nc1ccc(C)c(C)c1. The number of amides is 3. The number of nitrogens with one attached hydrogen (secondary N) is 3. The number of para-hydroxylation sites is 1. The van der Waals surface area contributed by atoms with Crippen molar-refractivity contribution < 1.29 is 19.1 Å². The van der Waals surface area contributed by atoms with Crippen molar-refractivity contribution in [2.45, 2.75) is 52.9 Å². The van der Waals surface area contributed by atoms with Crippen LogP contribution in [-0.4, -0.2) is 24.3 Å². The summed E-state index contributed by atoms with van der Waals surface area (Å²) in [7, 11) is 0. The maximum atomic E-state index is 12.4. The van der Waals surface area contributed by atoms with Crippen molar-refractivity contribution in [3.63, 3.8) is 0 Å². The molecular formula is C24H31N3O4. The smallest absolute Gasteiger partial charge is 0.273 e. The second-order valence-corrected chi connectivity index (χ2v) is 7.40. The second-order valence-electron chi connectivity index (χ2n) is 7.40. The van der Waals surface area contributed by atoms with Crippen molar-refractivity contribution in [3.8, 4) is 5.75 Å². The van der Waals surface area contributed by atoms with Crippen molar-refractivity contribution >= 4 is 23.4 Å². The molecule has 0 aromatic heterocycles. The van der Waals surface area contributed by atoms with Crippen LogP contribution in [0.15, 0.2) is 42.5 Å². The molecular weight excluding hydrogens is 394 g/mol. The molecule has 2 rings (SSSR count). The summed E-state index contributed by atoms with van der Waals surface area (Å²) in [6.45, 7) is 6.60. The zero-order valence-electron chi connectivity index (χ0n) is 18.4. The van der Waals surface area contributed by atoms with E-state index in [4.69, 9.17) is 4.74 Å². The number of hydrogen-bond donors (Lipinski definition) is 3. The molecule has 0 saturated carbocycles. The van der Waals surface area contributed by atoms with Gasteiger partial charge in [0, 0.05) is 18.5 Å². The van der Waals surface area contributed by atoms with Crippen molar-refractivity contribution in [1.29, 1.82) is 0 Å². The van der Waals surface area contributed by atoms with Gasteiger partial charge in [0.25, 0.3) is 5.91 Å². The molecule has 2 aromatic rings. The Hall–Kier alpha value is -3.35. The van der Waals surface area contributed by atoms with Gasteiger partial charge in [-0.3, -0.25) is 25.2 Å². The molecule has 3 N–H and O–H groups in total. The summed E-state index contributed by atoms with van der Waals surface area (Å²) in [4.78, 5) is 36.5. The summed E-state index contributed by atoms with van der Waals surface area (Å²) in [5.74, 6) is -0.724. The third-order valence-electron chi connectivity index (χ3n) is 4.82. The number of carbonyl (C=O) groups is 3. The second kappa shape index (κ2) is 12.4. The van der Waals surface area contributed by atoms with Gasteiger partial charge in [-0.1, -0.05) is 38.0 Å². The molecule has 2 aromatic carbocycles. The Bertz CT molecular complexity index is 911. The fraction of sp³-hybridized carbons (Fsp3) is 0.375. The minimum atomic E-state index is -0.473. The molecule has 0 heterocycles. The molecule has 0 aliphatic heterocycles. The molecule has 166 valence electrons. The van der Waals surface area contributed by atoms with E-state index in [1.165, 1.54) is 0 Å². The van der Waals surface area contributed by atoms with E-state index < -0.39 is 11.8 Å². The van der Waals surface area contributed by atoms with Crippen LogP contribution in [0.3, 0.4) is 0 Å². The molecule has 0 unspecified atom stereocenters. The van der Waals surface area contributed by atoms with Crippen molar-refractivity contribution in [2.75, 3.05) is 11.9 Å². The van der Waals surface area contributed by atoms with E-state index in [0.29, 0.717) is 23.6 Å². The van der Waals surface area contributed by atoms with Crippen molar-refractivity contribution in [2.24, 2.45) is 0 Å². The minimum absolute atomic E-state index is 0.00571. The number of benzene rings is 2. The van der Waals surface area contributed by atoms with Crippen LogP contribution < -0.4 is 20.9 Å². The Labute approximate surface area is 183 Å². The van der Waals surface area contributed by atoms with Crippen LogP contribution in [0, 0.1) is 13.8 Å². The topological polar surface area (TPSA) is 96.5 Å². The molecule has 0 atom stereocenters. The number of carbonyl (C=O) groups excluding carboxylic acids is 3. The van der Waals surface area contributed by atoms with Gasteiger partial charge in [-0.05, 0) is 55.7 Å². The van der Waals surface area contributed by atoms with Crippen LogP contribution in [0.1, 0.15) is 60.5 Å². The molecule has 31 heavy (non-hydrogen) atoms. The Morgan fingerprint density at radius 1 is 0.871 bits per heavy atom. The maximum Gasteiger partial charge on any atom is 0.273 e. The molecule has 0 radical (unpaired) electrons. The van der Waals surface area contributed by atoms with Crippen molar-refractivity contribution in [3.05, 3.63) is 59.2 Å². The van der Waals surface area contributed by atoms with Gasteiger partial charge in [-0.15, -0.1) is 0 Å². The first-order valence-electron chi connectivity index (χ1n) is 10.6. The van der Waals surface area contributed by atoms with Gasteiger partial charge in [0.1, 0.15) is 5.75 Å². The lowest BCUT2D eigenvalue weighted by Crippen LogP contribution is -2.42. The van der Waals surface area contributed by atoms with Gasteiger partial charge in [-0.25, -0.2) is 0 Å². The average Bonchev–Trinajstić information content (AvgIpc) is 2.76. The quantitative estimate of drug-likeness (QED) is 0.395. The van der Waals surface area contributed by atoms with E-state index in [-0.39, 0.29) is 18.7 Å². The first kappa shape index (κ1) is 23.9. The lowest BCUT2D eigenvalue weighted by atomic mass is 10.1. The average molecular weight is 426 g/mol. The normalized spacial score (nSPS) is 10.3. The van der Waals surface area contributed by atoms with Gasteiger partial charge in [0.15, 0.2) is 0 Å². The molecule has 0 spiro atoms. The highest BCUT2D eigenvalue weighted by Gasteiger charge is 2.14. The molecule has 0 fully saturated rings. The highest BCUT2D eigenvalue weighted by molar-refractivity contribution is 5.98. The molecule has 3 amide bonds. The highest BCUT2D eigenvalue weighted by Crippen LogP contribution is 2.18. The monoisotopic (exact) mass is 425 g/mol. The molecule has 7 nitrogen and oxygen atoms in total. The Kier molecular flexibility index (Phi) is 9.55. The van der Waals surface area contributed by atoms with Gasteiger partial charge in [0.05, 0.1) is 12.2 Å². The molecule has 0 aliphatic carbocycles. The standard InChI is InChI=1S/C24H31N3O4/c1-4-5-8-15-31-21-10-7-6-9-20(21)24(30)27-26-23(29)14-13-22(28)25-19-12-11-17(2)18(3)16-19/h6-7,9-12,16H,4-5,8,13-15H2,1-3H3,(H,25,28)(H,26,29)(H,27,30). The zero-order chi connectivity index (χ0) is 22.6. The fourth-order valence-corrected chi connectivity index (χ4v) is 2.84. The van der Waals surface area contributed by atoms with Gasteiger partial charge >= 0.3 is 0 Å². The first-order chi connectivity index (χ1) is 14.9. The van der Waals surface area contributed by atoms with Crippen LogP contribution >= 0.6 is 0 Å². The number of unbranched alkanes of at least 4 members (excludes halogenated alkanes) is 2. The number of hydrazine groups is 1. The third-order valence-corrected chi connectivity index (χ3v) is 4.82. The number of ether oxygens (including phenoxy) is 1. The summed E-state index contributed by atoms with van der Waals surface area (Å²) < 4.78 is 5.69. The predicted molar refractivity (Wildman–Crippen MR) is 121 cm³/mol. The van der Waals surface area contributed by atoms with Crippen LogP contribution in [0.25, 0.3) is 0 Å². The lowest BCUT2D eigenvalue weighted by molar-refractivity contribution is -0.124. The summed E-state index contributed by atoms with van der Waals surface area (Å²) in [6, 6.07) is 12.5. The molecule has 0 aliphatic rings. The van der Waals surface area contributed by atoms with Crippen LogP contribution in [0.4, 0.5) is 5.69 Å². The predicted octanol–water partition coefficient (Wildman–Crippen LogP) is 4.05.